The average Bonchev–Trinajstić information content (AvgIpc) is 2.55. The normalized spacial score (nSPS) is 32.7. The first-order valence-corrected chi connectivity index (χ1v) is 6.88. The maximum Gasteiger partial charge on any atom is 0.316 e. The molecular weight excluding hydrogens is 282 g/mol. The van der Waals surface area contributed by atoms with Crippen LogP contribution in [0.25, 0.3) is 0 Å². The molecule has 3 heterocycles. The second-order valence-electron chi connectivity index (χ2n) is 4.95. The smallest absolute Gasteiger partial charge is 0.316 e. The first-order valence-electron chi connectivity index (χ1n) is 6.08. The van der Waals surface area contributed by atoms with Crippen LogP contribution in [0.1, 0.15) is 25.7 Å². The molecular formula is C12H16BrN3O. The van der Waals surface area contributed by atoms with Gasteiger partial charge < -0.3 is 9.64 Å². The molecule has 3 atom stereocenters. The Morgan fingerprint density at radius 3 is 2.41 bits per heavy atom. The summed E-state index contributed by atoms with van der Waals surface area (Å²) in [6.07, 6.45) is 8.56. The van der Waals surface area contributed by atoms with Crippen molar-refractivity contribution >= 4 is 15.9 Å². The molecule has 1 aromatic heterocycles. The van der Waals surface area contributed by atoms with E-state index in [4.69, 9.17) is 4.74 Å². The molecule has 17 heavy (non-hydrogen) atoms. The van der Waals surface area contributed by atoms with E-state index in [1.165, 1.54) is 12.8 Å². The number of halogens is 1. The highest BCUT2D eigenvalue weighted by molar-refractivity contribution is 9.10. The zero-order chi connectivity index (χ0) is 11.8. The van der Waals surface area contributed by atoms with E-state index in [2.05, 4.69) is 37.8 Å². The van der Waals surface area contributed by atoms with Gasteiger partial charge in [-0.25, -0.2) is 9.97 Å². The summed E-state index contributed by atoms with van der Waals surface area (Å²) in [5.41, 5.74) is 0. The van der Waals surface area contributed by atoms with Gasteiger partial charge in [-0.15, -0.1) is 0 Å². The number of piperidine rings is 1. The fraction of sp³-hybridized carbons (Fsp3) is 0.667. The first kappa shape index (κ1) is 11.4. The van der Waals surface area contributed by atoms with Crippen LogP contribution in [0.15, 0.2) is 16.9 Å². The molecule has 0 spiro atoms. The van der Waals surface area contributed by atoms with Crippen LogP contribution in [-0.4, -0.2) is 40.1 Å². The van der Waals surface area contributed by atoms with Crippen LogP contribution in [-0.2, 0) is 0 Å². The summed E-state index contributed by atoms with van der Waals surface area (Å²) in [5.74, 6) is 0. The number of nitrogens with zero attached hydrogens (tertiary/aromatic N) is 3. The van der Waals surface area contributed by atoms with E-state index in [9.17, 15) is 0 Å². The van der Waals surface area contributed by atoms with Crippen molar-refractivity contribution in [3.8, 4) is 6.01 Å². The van der Waals surface area contributed by atoms with Gasteiger partial charge in [0.25, 0.3) is 0 Å². The van der Waals surface area contributed by atoms with Gasteiger partial charge in [0.1, 0.15) is 6.10 Å². The zero-order valence-electron chi connectivity index (χ0n) is 9.84. The quantitative estimate of drug-likeness (QED) is 0.839. The molecule has 0 amide bonds. The predicted molar refractivity (Wildman–Crippen MR) is 68.0 cm³/mol. The summed E-state index contributed by atoms with van der Waals surface area (Å²) in [7, 11) is 2.23. The Balaban J connectivity index is 1.65. The Hall–Kier alpha value is -0.680. The summed E-state index contributed by atoms with van der Waals surface area (Å²) >= 11 is 3.32. The fourth-order valence-corrected chi connectivity index (χ4v) is 3.17. The highest BCUT2D eigenvalue weighted by Gasteiger charge is 2.39. The van der Waals surface area contributed by atoms with Crippen molar-refractivity contribution in [2.24, 2.45) is 0 Å². The lowest BCUT2D eigenvalue weighted by Crippen LogP contribution is -2.44. The minimum absolute atomic E-state index is 0.282. The number of aromatic nitrogens is 2. The number of fused-ring (bicyclic) bond motifs is 2. The maximum absolute atomic E-state index is 5.87. The molecule has 2 saturated heterocycles. The third-order valence-electron chi connectivity index (χ3n) is 3.92. The zero-order valence-corrected chi connectivity index (χ0v) is 11.4. The van der Waals surface area contributed by atoms with Crippen molar-refractivity contribution in [2.45, 2.75) is 43.9 Å². The van der Waals surface area contributed by atoms with Crippen molar-refractivity contribution in [3.63, 3.8) is 0 Å². The lowest BCUT2D eigenvalue weighted by Gasteiger charge is -2.35. The van der Waals surface area contributed by atoms with Crippen LogP contribution < -0.4 is 4.74 Å². The minimum Gasteiger partial charge on any atom is -0.460 e. The second-order valence-corrected chi connectivity index (χ2v) is 5.86. The monoisotopic (exact) mass is 297 g/mol. The Bertz CT molecular complexity index is 383. The number of rotatable bonds is 2. The van der Waals surface area contributed by atoms with Crippen LogP contribution >= 0.6 is 15.9 Å². The number of hydrogen-bond acceptors (Lipinski definition) is 4. The fourth-order valence-electron chi connectivity index (χ4n) is 2.97. The summed E-state index contributed by atoms with van der Waals surface area (Å²) in [6.45, 7) is 0. The highest BCUT2D eigenvalue weighted by Crippen LogP contribution is 2.35. The summed E-state index contributed by atoms with van der Waals surface area (Å²) in [5, 5.41) is 0. The van der Waals surface area contributed by atoms with Crippen molar-refractivity contribution in [1.82, 2.24) is 14.9 Å². The van der Waals surface area contributed by atoms with Crippen molar-refractivity contribution in [1.29, 1.82) is 0 Å². The molecule has 0 N–H and O–H groups in total. The van der Waals surface area contributed by atoms with Crippen molar-refractivity contribution in [2.75, 3.05) is 7.05 Å². The van der Waals surface area contributed by atoms with Gasteiger partial charge in [0.2, 0.25) is 0 Å². The molecule has 5 heteroatoms. The van der Waals surface area contributed by atoms with Crippen LogP contribution in [0.2, 0.25) is 0 Å². The molecule has 0 saturated carbocycles. The predicted octanol–water partition coefficient (Wildman–Crippen LogP) is 2.24. The number of hydrogen-bond donors (Lipinski definition) is 0. The van der Waals surface area contributed by atoms with E-state index in [1.807, 2.05) is 0 Å². The van der Waals surface area contributed by atoms with Crippen LogP contribution in [0.4, 0.5) is 0 Å². The lowest BCUT2D eigenvalue weighted by molar-refractivity contribution is 0.0600. The summed E-state index contributed by atoms with van der Waals surface area (Å²) in [6, 6.07) is 1.88. The van der Waals surface area contributed by atoms with E-state index in [0.29, 0.717) is 18.1 Å². The average molecular weight is 298 g/mol. The Labute approximate surface area is 110 Å². The van der Waals surface area contributed by atoms with Crippen LogP contribution in [0.3, 0.4) is 0 Å². The summed E-state index contributed by atoms with van der Waals surface area (Å²) < 4.78 is 6.75. The molecule has 2 aliphatic heterocycles. The highest BCUT2D eigenvalue weighted by atomic mass is 79.9. The van der Waals surface area contributed by atoms with Gasteiger partial charge in [0.15, 0.2) is 0 Å². The lowest BCUT2D eigenvalue weighted by atomic mass is 10.0. The van der Waals surface area contributed by atoms with Crippen molar-refractivity contribution in [3.05, 3.63) is 16.9 Å². The Morgan fingerprint density at radius 1 is 1.24 bits per heavy atom. The van der Waals surface area contributed by atoms with E-state index in [0.717, 1.165) is 17.3 Å². The Morgan fingerprint density at radius 2 is 1.82 bits per heavy atom. The van der Waals surface area contributed by atoms with Gasteiger partial charge in [-0.1, -0.05) is 0 Å². The van der Waals surface area contributed by atoms with Gasteiger partial charge >= 0.3 is 6.01 Å². The van der Waals surface area contributed by atoms with Gasteiger partial charge in [0, 0.05) is 37.3 Å². The summed E-state index contributed by atoms with van der Waals surface area (Å²) in [4.78, 5) is 10.8. The molecule has 0 radical (unpaired) electrons. The van der Waals surface area contributed by atoms with E-state index >= 15 is 0 Å². The number of ether oxygens (including phenoxy) is 1. The first-order chi connectivity index (χ1) is 8.22. The van der Waals surface area contributed by atoms with Crippen molar-refractivity contribution < 1.29 is 4.74 Å². The van der Waals surface area contributed by atoms with Gasteiger partial charge in [0.05, 0.1) is 4.47 Å². The molecule has 3 rings (SSSR count). The van der Waals surface area contributed by atoms with E-state index in [1.54, 1.807) is 12.4 Å². The standard InChI is InChI=1S/C12H16BrN3O/c1-16-9-2-3-10(16)5-11(4-9)17-12-14-6-8(13)7-15-12/h6-7,9-11H,2-5H2,1H3/t9-,10+,11-. The van der Waals surface area contributed by atoms with E-state index < -0.39 is 0 Å². The topological polar surface area (TPSA) is 38.2 Å². The van der Waals surface area contributed by atoms with Gasteiger partial charge in [-0.05, 0) is 35.8 Å². The second kappa shape index (κ2) is 4.53. The van der Waals surface area contributed by atoms with Crippen LogP contribution in [0, 0.1) is 0 Å². The molecule has 0 unspecified atom stereocenters. The molecule has 1 aromatic rings. The largest absolute Gasteiger partial charge is 0.460 e. The molecule has 2 bridgehead atoms. The minimum atomic E-state index is 0.282. The molecule has 0 aromatic carbocycles. The van der Waals surface area contributed by atoms with E-state index in [-0.39, 0.29) is 6.10 Å². The molecule has 0 aliphatic carbocycles. The third kappa shape index (κ3) is 2.31. The molecule has 2 aliphatic rings. The third-order valence-corrected chi connectivity index (χ3v) is 4.33. The molecule has 92 valence electrons. The van der Waals surface area contributed by atoms with Gasteiger partial charge in [-0.3, -0.25) is 0 Å². The van der Waals surface area contributed by atoms with Gasteiger partial charge in [-0.2, -0.15) is 0 Å². The Kier molecular flexibility index (Phi) is 3.04. The maximum atomic E-state index is 5.87. The van der Waals surface area contributed by atoms with Crippen LogP contribution in [0.5, 0.6) is 6.01 Å². The SMILES string of the molecule is CN1[C@@H]2CC[C@H]1C[C@H](Oc1ncc(Br)cn1)C2. The molecule has 4 nitrogen and oxygen atoms in total. The molecule has 2 fully saturated rings.